The number of methoxy groups -OCH3 is 1. The van der Waals surface area contributed by atoms with E-state index >= 15 is 0 Å². The van der Waals surface area contributed by atoms with Gasteiger partial charge in [0.05, 0.1) is 18.2 Å². The lowest BCUT2D eigenvalue weighted by molar-refractivity contribution is -0.181. The van der Waals surface area contributed by atoms with Crippen LogP contribution in [-0.2, 0) is 34.0 Å². The summed E-state index contributed by atoms with van der Waals surface area (Å²) in [4.78, 5) is 44.9. The number of benzene rings is 3. The molecule has 1 spiro atoms. The molecule has 0 bridgehead atoms. The van der Waals surface area contributed by atoms with Crippen molar-refractivity contribution in [3.8, 4) is 0 Å². The van der Waals surface area contributed by atoms with E-state index in [0.29, 0.717) is 17.7 Å². The first-order chi connectivity index (χ1) is 20.2. The van der Waals surface area contributed by atoms with E-state index in [0.717, 1.165) is 11.1 Å². The Morgan fingerprint density at radius 2 is 1.55 bits per heavy atom. The zero-order chi connectivity index (χ0) is 29.6. The van der Waals surface area contributed by atoms with Crippen molar-refractivity contribution in [1.29, 1.82) is 0 Å². The minimum absolute atomic E-state index is 0.111. The van der Waals surface area contributed by atoms with Crippen molar-refractivity contribution in [2.75, 3.05) is 19.0 Å². The molecule has 218 valence electrons. The molecule has 0 unspecified atom stereocenters. The van der Waals surface area contributed by atoms with Gasteiger partial charge < -0.3 is 19.5 Å². The zero-order valence-electron chi connectivity index (χ0n) is 24.3. The summed E-state index contributed by atoms with van der Waals surface area (Å²) in [5.74, 6) is -2.62. The lowest BCUT2D eigenvalue weighted by Crippen LogP contribution is -2.55. The van der Waals surface area contributed by atoms with Crippen LogP contribution in [0.4, 0.5) is 5.69 Å². The highest BCUT2D eigenvalue weighted by atomic mass is 16.6. The average Bonchev–Trinajstić information content (AvgIpc) is 3.46. The van der Waals surface area contributed by atoms with E-state index in [2.05, 4.69) is 10.2 Å². The van der Waals surface area contributed by atoms with Gasteiger partial charge in [0.2, 0.25) is 5.91 Å². The molecule has 2 fully saturated rings. The number of amides is 1. The summed E-state index contributed by atoms with van der Waals surface area (Å²) >= 11 is 0. The van der Waals surface area contributed by atoms with Crippen LogP contribution in [0.5, 0.6) is 0 Å². The molecule has 3 heterocycles. The molecule has 8 heteroatoms. The molecule has 0 aliphatic carbocycles. The highest BCUT2D eigenvalue weighted by molar-refractivity contribution is 6.11. The van der Waals surface area contributed by atoms with Crippen molar-refractivity contribution >= 4 is 23.5 Å². The molecular weight excluding hydrogens is 532 g/mol. The van der Waals surface area contributed by atoms with E-state index in [1.165, 1.54) is 0 Å². The molecule has 0 saturated carbocycles. The Hall–Kier alpha value is -4.01. The summed E-state index contributed by atoms with van der Waals surface area (Å²) in [5, 5.41) is 3.05. The minimum atomic E-state index is -1.43. The van der Waals surface area contributed by atoms with Crippen molar-refractivity contribution in [3.63, 3.8) is 0 Å². The van der Waals surface area contributed by atoms with Gasteiger partial charge in [0.25, 0.3) is 0 Å². The van der Waals surface area contributed by atoms with Gasteiger partial charge in [-0.3, -0.25) is 19.3 Å². The molecule has 42 heavy (non-hydrogen) atoms. The lowest BCUT2D eigenvalue weighted by atomic mass is 9.65. The summed E-state index contributed by atoms with van der Waals surface area (Å²) in [7, 11) is 1.64. The molecule has 1 amide bonds. The van der Waals surface area contributed by atoms with Crippen LogP contribution in [0.2, 0.25) is 0 Å². The number of esters is 2. The number of hydrogen-bond acceptors (Lipinski definition) is 7. The van der Waals surface area contributed by atoms with E-state index in [9.17, 15) is 14.4 Å². The lowest BCUT2D eigenvalue weighted by Gasteiger charge is -2.47. The third-order valence-electron chi connectivity index (χ3n) is 9.15. The number of hydrogen-bond donors (Lipinski definition) is 1. The van der Waals surface area contributed by atoms with E-state index in [1.54, 1.807) is 14.0 Å². The smallest absolute Gasteiger partial charge is 0.325 e. The summed E-state index contributed by atoms with van der Waals surface area (Å²) in [6, 6.07) is 24.7. The molecule has 8 nitrogen and oxygen atoms in total. The topological polar surface area (TPSA) is 94.2 Å². The first-order valence-corrected chi connectivity index (χ1v) is 14.4. The van der Waals surface area contributed by atoms with Crippen LogP contribution < -0.4 is 5.32 Å². The first-order valence-electron chi connectivity index (χ1n) is 14.4. The minimum Gasteiger partial charge on any atom is -0.466 e. The second-order valence-electron chi connectivity index (χ2n) is 11.8. The molecule has 0 radical (unpaired) electrons. The van der Waals surface area contributed by atoms with Gasteiger partial charge in [-0.25, -0.2) is 0 Å². The predicted molar refractivity (Wildman–Crippen MR) is 156 cm³/mol. The molecular formula is C34H36N2O6. The molecule has 3 aromatic carbocycles. The van der Waals surface area contributed by atoms with Crippen LogP contribution in [0.3, 0.4) is 0 Å². The quantitative estimate of drug-likeness (QED) is 0.403. The largest absolute Gasteiger partial charge is 0.466 e. The normalized spacial score (nSPS) is 28.6. The van der Waals surface area contributed by atoms with Gasteiger partial charge in [-0.15, -0.1) is 0 Å². The number of carbonyl (C=O) groups is 3. The highest BCUT2D eigenvalue weighted by Gasteiger charge is 2.74. The fourth-order valence-electron chi connectivity index (χ4n) is 7.29. The van der Waals surface area contributed by atoms with Crippen LogP contribution in [0.15, 0.2) is 84.9 Å². The Balaban J connectivity index is 1.66. The molecule has 3 aliphatic heterocycles. The summed E-state index contributed by atoms with van der Waals surface area (Å²) < 4.78 is 17.9. The number of fused-ring (bicyclic) bond motifs is 3. The Morgan fingerprint density at radius 1 is 0.929 bits per heavy atom. The number of nitrogens with one attached hydrogen (secondary N) is 1. The number of cyclic esters (lactones) is 1. The van der Waals surface area contributed by atoms with E-state index in [-0.39, 0.29) is 12.5 Å². The number of ether oxygens (including phenoxy) is 3. The van der Waals surface area contributed by atoms with Gasteiger partial charge in [-0.05, 0) is 49.9 Å². The van der Waals surface area contributed by atoms with Crippen LogP contribution >= 0.6 is 0 Å². The molecule has 2 saturated heterocycles. The second-order valence-corrected chi connectivity index (χ2v) is 11.8. The summed E-state index contributed by atoms with van der Waals surface area (Å²) in [6.45, 7) is 5.75. The number of para-hydroxylation sites is 1. The van der Waals surface area contributed by atoms with Gasteiger partial charge in [0.1, 0.15) is 23.5 Å². The van der Waals surface area contributed by atoms with Crippen LogP contribution in [-0.4, -0.2) is 54.1 Å². The molecule has 0 aromatic heterocycles. The number of rotatable bonds is 7. The standard InChI is InChI=1S/C34H36N2O6/c1-5-41-30(37)26-28-31(38)42-29(22-16-10-7-11-17-22)27(21-14-8-6-9-15-21)36(28)25(20-33(2,3)40-4)34(26)23-18-12-13-19-24(23)35-32(34)39/h6-19,25-29H,5,20H2,1-4H3,(H,35,39)/t25-,26+,27+,28+,29-,34-/m0/s1. The molecule has 3 aliphatic rings. The fourth-order valence-corrected chi connectivity index (χ4v) is 7.29. The van der Waals surface area contributed by atoms with E-state index in [4.69, 9.17) is 14.2 Å². The maximum Gasteiger partial charge on any atom is 0.325 e. The highest BCUT2D eigenvalue weighted by Crippen LogP contribution is 2.61. The SMILES string of the molecule is CCOC(=O)[C@H]1[C@@H]2C(=O)O[C@@H](c3ccccc3)[C@@H](c3ccccc3)N2[C@@H](CC(C)(C)OC)[C@]12C(=O)Nc1ccccc12. The van der Waals surface area contributed by atoms with Crippen molar-refractivity contribution in [2.45, 2.75) is 62.4 Å². The number of carbonyl (C=O) groups excluding carboxylic acids is 3. The Labute approximate surface area is 246 Å². The van der Waals surface area contributed by atoms with Crippen molar-refractivity contribution in [1.82, 2.24) is 4.90 Å². The van der Waals surface area contributed by atoms with Gasteiger partial charge in [0, 0.05) is 18.8 Å². The van der Waals surface area contributed by atoms with E-state index < -0.39 is 53.1 Å². The number of morpholine rings is 1. The van der Waals surface area contributed by atoms with Crippen molar-refractivity contribution in [3.05, 3.63) is 102 Å². The summed E-state index contributed by atoms with van der Waals surface area (Å²) in [5.41, 5.74) is 0.912. The summed E-state index contributed by atoms with van der Waals surface area (Å²) in [6.07, 6.45) is -0.321. The first kappa shape index (κ1) is 28.1. The molecule has 6 atom stereocenters. The van der Waals surface area contributed by atoms with Crippen LogP contribution in [0.25, 0.3) is 0 Å². The maximum atomic E-state index is 14.5. The van der Waals surface area contributed by atoms with E-state index in [1.807, 2.05) is 98.8 Å². The van der Waals surface area contributed by atoms with Crippen molar-refractivity contribution in [2.24, 2.45) is 5.92 Å². The fraction of sp³-hybridized carbons (Fsp3) is 0.382. The monoisotopic (exact) mass is 568 g/mol. The van der Waals surface area contributed by atoms with Gasteiger partial charge in [0.15, 0.2) is 0 Å². The predicted octanol–water partition coefficient (Wildman–Crippen LogP) is 4.96. The molecule has 3 aromatic rings. The Bertz CT molecular complexity index is 1490. The van der Waals surface area contributed by atoms with Crippen molar-refractivity contribution < 1.29 is 28.6 Å². The third kappa shape index (κ3) is 4.24. The second kappa shape index (κ2) is 10.7. The van der Waals surface area contributed by atoms with Crippen LogP contribution in [0, 0.1) is 5.92 Å². The molecule has 1 N–H and O–H groups in total. The molecule has 6 rings (SSSR count). The third-order valence-corrected chi connectivity index (χ3v) is 9.15. The average molecular weight is 569 g/mol. The van der Waals surface area contributed by atoms with Crippen LogP contribution in [0.1, 0.15) is 56.0 Å². The van der Waals surface area contributed by atoms with Gasteiger partial charge in [-0.1, -0.05) is 78.9 Å². The van der Waals surface area contributed by atoms with Gasteiger partial charge in [-0.2, -0.15) is 0 Å². The maximum absolute atomic E-state index is 14.5. The number of anilines is 1. The number of nitrogens with zero attached hydrogens (tertiary/aromatic N) is 1. The Kier molecular flexibility index (Phi) is 7.15. The zero-order valence-corrected chi connectivity index (χ0v) is 24.3. The Morgan fingerprint density at radius 3 is 2.19 bits per heavy atom. The van der Waals surface area contributed by atoms with Gasteiger partial charge >= 0.3 is 11.9 Å².